The Hall–Kier alpha value is -2.80. The predicted octanol–water partition coefficient (Wildman–Crippen LogP) is 1.77. The fraction of sp³-hybridized carbons (Fsp3) is 0.294. The second-order valence-corrected chi connectivity index (χ2v) is 5.45. The van der Waals surface area contributed by atoms with Gasteiger partial charge in [0.15, 0.2) is 5.78 Å². The molecule has 1 fully saturated rings. The number of nitrogens with zero attached hydrogens (tertiary/aromatic N) is 3. The van der Waals surface area contributed by atoms with Crippen molar-refractivity contribution in [1.82, 2.24) is 9.97 Å². The summed E-state index contributed by atoms with van der Waals surface area (Å²) in [5.74, 6) is 0.311. The van der Waals surface area contributed by atoms with Crippen molar-refractivity contribution < 1.29 is 14.3 Å². The number of carbonyl (C=O) groups is 2. The van der Waals surface area contributed by atoms with Crippen molar-refractivity contribution in [3.05, 3.63) is 47.9 Å². The largest absolute Gasteiger partial charge is 0.378 e. The van der Waals surface area contributed by atoms with Gasteiger partial charge in [-0.15, -0.1) is 0 Å². The van der Waals surface area contributed by atoms with Gasteiger partial charge in [-0.25, -0.2) is 9.97 Å². The van der Waals surface area contributed by atoms with E-state index in [1.807, 2.05) is 0 Å². The lowest BCUT2D eigenvalue weighted by molar-refractivity contribution is 0.100. The molecule has 0 aliphatic carbocycles. The summed E-state index contributed by atoms with van der Waals surface area (Å²) in [5.41, 5.74) is 1.38. The maximum Gasteiger partial charge on any atom is 0.274 e. The van der Waals surface area contributed by atoms with Crippen molar-refractivity contribution in [2.24, 2.45) is 0 Å². The highest BCUT2D eigenvalue weighted by atomic mass is 16.5. The van der Waals surface area contributed by atoms with E-state index in [1.165, 1.54) is 13.3 Å². The number of Topliss-reactive ketones (excluding diaryl/α,β-unsaturated/α-hetero) is 1. The molecular weight excluding hydrogens is 308 g/mol. The van der Waals surface area contributed by atoms with Crippen LogP contribution in [0.3, 0.4) is 0 Å². The first kappa shape index (κ1) is 16.1. The third kappa shape index (κ3) is 3.75. The average Bonchev–Trinajstić information content (AvgIpc) is 2.63. The van der Waals surface area contributed by atoms with Crippen LogP contribution in [0.4, 0.5) is 11.5 Å². The van der Waals surface area contributed by atoms with Crippen LogP contribution in [0.25, 0.3) is 0 Å². The molecule has 2 heterocycles. The summed E-state index contributed by atoms with van der Waals surface area (Å²) in [6.45, 7) is 4.24. The molecule has 0 bridgehead atoms. The maximum absolute atomic E-state index is 12.4. The van der Waals surface area contributed by atoms with Crippen molar-refractivity contribution in [3.8, 4) is 0 Å². The van der Waals surface area contributed by atoms with Gasteiger partial charge in [0.2, 0.25) is 0 Å². The van der Waals surface area contributed by atoms with Gasteiger partial charge < -0.3 is 15.0 Å². The lowest BCUT2D eigenvalue weighted by Crippen LogP contribution is -2.37. The SMILES string of the molecule is CC(=O)c1cccc(NC(=O)c2cc(N3CCOCC3)ncn2)c1. The molecule has 0 unspecified atom stereocenters. The second-order valence-electron chi connectivity index (χ2n) is 5.45. The van der Waals surface area contributed by atoms with E-state index in [2.05, 4.69) is 20.2 Å². The smallest absolute Gasteiger partial charge is 0.274 e. The van der Waals surface area contributed by atoms with Gasteiger partial charge in [0, 0.05) is 30.4 Å². The summed E-state index contributed by atoms with van der Waals surface area (Å²) in [6.07, 6.45) is 1.38. The third-order valence-corrected chi connectivity index (χ3v) is 3.75. The Morgan fingerprint density at radius 3 is 2.71 bits per heavy atom. The number of ketones is 1. The van der Waals surface area contributed by atoms with Crippen LogP contribution in [-0.2, 0) is 4.74 Å². The highest BCUT2D eigenvalue weighted by Crippen LogP contribution is 2.15. The van der Waals surface area contributed by atoms with Crippen molar-refractivity contribution in [1.29, 1.82) is 0 Å². The number of carbonyl (C=O) groups excluding carboxylic acids is 2. The topological polar surface area (TPSA) is 84.4 Å². The molecule has 1 aromatic heterocycles. The van der Waals surface area contributed by atoms with E-state index in [4.69, 9.17) is 4.74 Å². The molecule has 0 radical (unpaired) electrons. The summed E-state index contributed by atoms with van der Waals surface area (Å²) in [5, 5.41) is 2.76. The summed E-state index contributed by atoms with van der Waals surface area (Å²) < 4.78 is 5.32. The van der Waals surface area contributed by atoms with Gasteiger partial charge in [0.05, 0.1) is 13.2 Å². The lowest BCUT2D eigenvalue weighted by Gasteiger charge is -2.27. The third-order valence-electron chi connectivity index (χ3n) is 3.75. The van der Waals surface area contributed by atoms with Gasteiger partial charge in [-0.1, -0.05) is 12.1 Å². The summed E-state index contributed by atoms with van der Waals surface area (Å²) in [6, 6.07) is 8.47. The summed E-state index contributed by atoms with van der Waals surface area (Å²) in [4.78, 5) is 34.1. The van der Waals surface area contributed by atoms with E-state index in [9.17, 15) is 9.59 Å². The minimum atomic E-state index is -0.340. The number of morpholine rings is 1. The molecule has 124 valence electrons. The Morgan fingerprint density at radius 2 is 1.96 bits per heavy atom. The van der Waals surface area contributed by atoms with Crippen LogP contribution >= 0.6 is 0 Å². The predicted molar refractivity (Wildman–Crippen MR) is 89.5 cm³/mol. The number of ether oxygens (including phenoxy) is 1. The number of amides is 1. The second kappa shape index (κ2) is 7.18. The average molecular weight is 326 g/mol. The molecule has 0 saturated carbocycles. The number of aromatic nitrogens is 2. The fourth-order valence-electron chi connectivity index (χ4n) is 2.45. The van der Waals surface area contributed by atoms with Crippen LogP contribution in [0, 0.1) is 0 Å². The molecule has 0 atom stereocenters. The number of anilines is 2. The minimum Gasteiger partial charge on any atom is -0.378 e. The van der Waals surface area contributed by atoms with Crippen LogP contribution in [-0.4, -0.2) is 48.0 Å². The molecule has 1 aromatic carbocycles. The van der Waals surface area contributed by atoms with Gasteiger partial charge in [-0.3, -0.25) is 9.59 Å². The zero-order valence-corrected chi connectivity index (χ0v) is 13.4. The van der Waals surface area contributed by atoms with E-state index in [1.54, 1.807) is 30.3 Å². The van der Waals surface area contributed by atoms with E-state index in [0.717, 1.165) is 13.1 Å². The number of hydrogen-bond acceptors (Lipinski definition) is 6. The van der Waals surface area contributed by atoms with Crippen molar-refractivity contribution >= 4 is 23.2 Å². The van der Waals surface area contributed by atoms with Gasteiger partial charge in [-0.05, 0) is 19.1 Å². The normalized spacial score (nSPS) is 14.3. The van der Waals surface area contributed by atoms with Crippen molar-refractivity contribution in [2.45, 2.75) is 6.92 Å². The van der Waals surface area contributed by atoms with Gasteiger partial charge in [-0.2, -0.15) is 0 Å². The Kier molecular flexibility index (Phi) is 4.81. The van der Waals surface area contributed by atoms with E-state index >= 15 is 0 Å². The number of rotatable bonds is 4. The van der Waals surface area contributed by atoms with Crippen LogP contribution in [0.5, 0.6) is 0 Å². The first-order valence-corrected chi connectivity index (χ1v) is 7.70. The molecule has 1 aliphatic rings. The molecule has 0 spiro atoms. The Morgan fingerprint density at radius 1 is 1.17 bits per heavy atom. The van der Waals surface area contributed by atoms with E-state index < -0.39 is 0 Å². The van der Waals surface area contributed by atoms with Crippen LogP contribution in [0.2, 0.25) is 0 Å². The molecule has 3 rings (SSSR count). The number of hydrogen-bond donors (Lipinski definition) is 1. The molecule has 1 saturated heterocycles. The monoisotopic (exact) mass is 326 g/mol. The maximum atomic E-state index is 12.4. The van der Waals surface area contributed by atoms with Gasteiger partial charge in [0.25, 0.3) is 5.91 Å². The molecule has 2 aromatic rings. The quantitative estimate of drug-likeness (QED) is 0.862. The molecule has 1 N–H and O–H groups in total. The standard InChI is InChI=1S/C17H18N4O3/c1-12(22)13-3-2-4-14(9-13)20-17(23)15-10-16(19-11-18-15)21-5-7-24-8-6-21/h2-4,9-11H,5-8H2,1H3,(H,20,23). The summed E-state index contributed by atoms with van der Waals surface area (Å²) >= 11 is 0. The van der Waals surface area contributed by atoms with Crippen LogP contribution in [0.15, 0.2) is 36.7 Å². The highest BCUT2D eigenvalue weighted by Gasteiger charge is 2.15. The van der Waals surface area contributed by atoms with E-state index in [-0.39, 0.29) is 17.4 Å². The number of nitrogens with one attached hydrogen (secondary N) is 1. The molecule has 1 aliphatic heterocycles. The van der Waals surface area contributed by atoms with Crippen molar-refractivity contribution in [3.63, 3.8) is 0 Å². The molecule has 1 amide bonds. The Labute approximate surface area is 139 Å². The molecule has 7 heteroatoms. The van der Waals surface area contributed by atoms with Gasteiger partial charge in [0.1, 0.15) is 17.8 Å². The lowest BCUT2D eigenvalue weighted by atomic mass is 10.1. The molecular formula is C17H18N4O3. The van der Waals surface area contributed by atoms with E-state index in [0.29, 0.717) is 30.3 Å². The zero-order chi connectivity index (χ0) is 16.9. The fourth-order valence-corrected chi connectivity index (χ4v) is 2.45. The zero-order valence-electron chi connectivity index (χ0n) is 13.4. The Balaban J connectivity index is 1.75. The summed E-state index contributed by atoms with van der Waals surface area (Å²) in [7, 11) is 0. The van der Waals surface area contributed by atoms with Gasteiger partial charge >= 0.3 is 0 Å². The first-order chi connectivity index (χ1) is 11.6. The molecule has 24 heavy (non-hydrogen) atoms. The highest BCUT2D eigenvalue weighted by molar-refractivity contribution is 6.04. The van der Waals surface area contributed by atoms with Crippen LogP contribution in [0.1, 0.15) is 27.8 Å². The minimum absolute atomic E-state index is 0.0530. The van der Waals surface area contributed by atoms with Crippen LogP contribution < -0.4 is 10.2 Å². The molecule has 7 nitrogen and oxygen atoms in total. The Bertz CT molecular complexity index is 757. The first-order valence-electron chi connectivity index (χ1n) is 7.70. The van der Waals surface area contributed by atoms with Crippen molar-refractivity contribution in [2.75, 3.05) is 36.5 Å². The number of benzene rings is 1.